The number of nitrogens with zero attached hydrogens (tertiary/aromatic N) is 2. The second kappa shape index (κ2) is 16.5. The molecule has 0 spiro atoms. The first kappa shape index (κ1) is 35.4. The van der Waals surface area contributed by atoms with E-state index < -0.39 is 28.5 Å². The summed E-state index contributed by atoms with van der Waals surface area (Å²) in [6.45, 7) is 1.75. The van der Waals surface area contributed by atoms with E-state index in [1.807, 2.05) is 43.3 Å². The van der Waals surface area contributed by atoms with Gasteiger partial charge in [0.25, 0.3) is 10.0 Å². The number of sulfonamides is 1. The first-order chi connectivity index (χ1) is 23.2. The summed E-state index contributed by atoms with van der Waals surface area (Å²) in [6.07, 6.45) is 4.04. The van der Waals surface area contributed by atoms with E-state index in [4.69, 9.17) is 16.3 Å². The van der Waals surface area contributed by atoms with Crippen LogP contribution in [0.15, 0.2) is 112 Å². The molecule has 0 aliphatic heterocycles. The molecule has 0 radical (unpaired) electrons. The molecule has 4 aromatic carbocycles. The Bertz CT molecular complexity index is 1780. The van der Waals surface area contributed by atoms with Gasteiger partial charge in [-0.25, -0.2) is 8.42 Å². The van der Waals surface area contributed by atoms with E-state index in [0.29, 0.717) is 27.4 Å². The number of benzene rings is 4. The summed E-state index contributed by atoms with van der Waals surface area (Å²) in [5.41, 5.74) is 1.79. The van der Waals surface area contributed by atoms with Crippen molar-refractivity contribution in [1.29, 1.82) is 0 Å². The normalized spacial score (nSPS) is 13.9. The fraction of sp³-hybridized carbons (Fsp3) is 0.297. The van der Waals surface area contributed by atoms with Gasteiger partial charge >= 0.3 is 0 Å². The van der Waals surface area contributed by atoms with E-state index in [1.165, 1.54) is 17.0 Å². The molecule has 1 atom stereocenters. The van der Waals surface area contributed by atoms with E-state index >= 15 is 0 Å². The van der Waals surface area contributed by atoms with E-state index in [2.05, 4.69) is 21.2 Å². The quantitative estimate of drug-likeness (QED) is 0.145. The van der Waals surface area contributed by atoms with Crippen molar-refractivity contribution in [2.45, 2.75) is 62.6 Å². The van der Waals surface area contributed by atoms with Crippen LogP contribution in [0.3, 0.4) is 0 Å². The van der Waals surface area contributed by atoms with Crippen LogP contribution in [0.4, 0.5) is 5.69 Å². The minimum Gasteiger partial charge on any atom is -0.494 e. The number of hydrogen-bond acceptors (Lipinski definition) is 5. The first-order valence-corrected chi connectivity index (χ1v) is 18.6. The fourth-order valence-corrected chi connectivity index (χ4v) is 7.74. The second-order valence-corrected chi connectivity index (χ2v) is 14.9. The Kier molecular flexibility index (Phi) is 12.2. The van der Waals surface area contributed by atoms with E-state index in [0.717, 1.165) is 35.6 Å². The average molecular weight is 753 g/mol. The molecule has 0 bridgehead atoms. The number of anilines is 1. The highest BCUT2D eigenvalue weighted by Crippen LogP contribution is 2.29. The Balaban J connectivity index is 1.57. The molecule has 0 unspecified atom stereocenters. The van der Waals surface area contributed by atoms with Crippen molar-refractivity contribution >= 4 is 55.1 Å². The molecule has 5 rings (SSSR count). The van der Waals surface area contributed by atoms with E-state index in [-0.39, 0.29) is 35.5 Å². The summed E-state index contributed by atoms with van der Waals surface area (Å²) in [6, 6.07) is 28.5. The maximum absolute atomic E-state index is 14.7. The Morgan fingerprint density at radius 1 is 0.917 bits per heavy atom. The molecule has 2 amide bonds. The van der Waals surface area contributed by atoms with Crippen LogP contribution in [0, 0.1) is 0 Å². The largest absolute Gasteiger partial charge is 0.494 e. The summed E-state index contributed by atoms with van der Waals surface area (Å²) in [5.74, 6) is -0.262. The number of ether oxygens (including phenoxy) is 1. The van der Waals surface area contributed by atoms with Crippen LogP contribution in [0.5, 0.6) is 5.75 Å². The smallest absolute Gasteiger partial charge is 0.264 e. The van der Waals surface area contributed by atoms with Gasteiger partial charge in [0.15, 0.2) is 0 Å². The van der Waals surface area contributed by atoms with Crippen molar-refractivity contribution in [3.05, 3.63) is 124 Å². The third kappa shape index (κ3) is 8.98. The molecular weight excluding hydrogens is 714 g/mol. The lowest BCUT2D eigenvalue weighted by atomic mass is 10.0. The highest BCUT2D eigenvalue weighted by atomic mass is 79.9. The Hall–Kier alpha value is -3.86. The highest BCUT2D eigenvalue weighted by molar-refractivity contribution is 9.10. The molecule has 0 saturated heterocycles. The standard InChI is InChI=1S/C37H39BrClN3O5S/c1-2-47-32-20-18-31(19-21-32)42(48(45,46)33-22-16-29(38)17-23-33)26-36(43)41(25-28-12-6-9-15-34(28)39)35(24-27-10-4-3-5-11-27)37(44)40-30-13-7-8-14-30/h3-6,9-12,15-23,30,35H,2,7-8,13-14,24-26H2,1H3,(H,40,44)/t35-/m0/s1. The molecule has 1 N–H and O–H groups in total. The van der Waals surface area contributed by atoms with Crippen molar-refractivity contribution < 1.29 is 22.7 Å². The molecule has 48 heavy (non-hydrogen) atoms. The van der Waals surface area contributed by atoms with Crippen LogP contribution in [0.25, 0.3) is 0 Å². The number of carbonyl (C=O) groups is 2. The summed E-state index contributed by atoms with van der Waals surface area (Å²) >= 11 is 9.97. The number of rotatable bonds is 14. The topological polar surface area (TPSA) is 96.0 Å². The van der Waals surface area contributed by atoms with Gasteiger partial charge in [0, 0.05) is 28.5 Å². The highest BCUT2D eigenvalue weighted by Gasteiger charge is 2.36. The van der Waals surface area contributed by atoms with E-state index in [9.17, 15) is 18.0 Å². The molecule has 1 aliphatic rings. The molecule has 0 aromatic heterocycles. The number of amides is 2. The summed E-state index contributed by atoms with van der Waals surface area (Å²) in [5, 5.41) is 3.62. The third-order valence-corrected chi connectivity index (χ3v) is 11.1. The number of nitrogens with one attached hydrogen (secondary N) is 1. The number of hydrogen-bond donors (Lipinski definition) is 1. The Morgan fingerprint density at radius 2 is 1.56 bits per heavy atom. The zero-order valence-corrected chi connectivity index (χ0v) is 29.9. The molecule has 0 heterocycles. The monoisotopic (exact) mass is 751 g/mol. The van der Waals surface area contributed by atoms with Gasteiger partial charge < -0.3 is 15.0 Å². The summed E-state index contributed by atoms with van der Waals surface area (Å²) < 4.78 is 35.9. The first-order valence-electron chi connectivity index (χ1n) is 16.0. The maximum atomic E-state index is 14.7. The predicted molar refractivity (Wildman–Crippen MR) is 193 cm³/mol. The van der Waals surface area contributed by atoms with Gasteiger partial charge in [0.05, 0.1) is 17.2 Å². The van der Waals surface area contributed by atoms with Crippen LogP contribution in [0.1, 0.15) is 43.7 Å². The van der Waals surface area contributed by atoms with Crippen molar-refractivity contribution in [1.82, 2.24) is 10.2 Å². The van der Waals surface area contributed by atoms with Gasteiger partial charge in [-0.15, -0.1) is 0 Å². The lowest BCUT2D eigenvalue weighted by Crippen LogP contribution is -2.54. The zero-order chi connectivity index (χ0) is 34.1. The predicted octanol–water partition coefficient (Wildman–Crippen LogP) is 7.40. The summed E-state index contributed by atoms with van der Waals surface area (Å²) in [7, 11) is -4.23. The van der Waals surface area contributed by atoms with Crippen molar-refractivity contribution in [3.63, 3.8) is 0 Å². The molecule has 1 fully saturated rings. The van der Waals surface area contributed by atoms with Crippen LogP contribution >= 0.6 is 27.5 Å². The van der Waals surface area contributed by atoms with Crippen molar-refractivity contribution in [2.24, 2.45) is 0 Å². The lowest BCUT2D eigenvalue weighted by Gasteiger charge is -2.34. The third-order valence-electron chi connectivity index (χ3n) is 8.39. The van der Waals surface area contributed by atoms with Gasteiger partial charge in [0.1, 0.15) is 18.3 Å². The molecule has 8 nitrogen and oxygen atoms in total. The van der Waals surface area contributed by atoms with Crippen LogP contribution in [-0.4, -0.2) is 50.4 Å². The Labute approximate surface area is 296 Å². The van der Waals surface area contributed by atoms with Crippen LogP contribution in [0.2, 0.25) is 5.02 Å². The molecule has 4 aromatic rings. The van der Waals surface area contributed by atoms with Gasteiger partial charge in [-0.3, -0.25) is 13.9 Å². The molecule has 11 heteroatoms. The molecular formula is C37H39BrClN3O5S. The van der Waals surface area contributed by atoms with Gasteiger partial charge in [0.2, 0.25) is 11.8 Å². The van der Waals surface area contributed by atoms with Crippen LogP contribution in [-0.2, 0) is 32.6 Å². The summed E-state index contributed by atoms with van der Waals surface area (Å²) in [4.78, 5) is 30.3. The Morgan fingerprint density at radius 3 is 2.21 bits per heavy atom. The maximum Gasteiger partial charge on any atom is 0.264 e. The minimum absolute atomic E-state index is 0.00351. The van der Waals surface area contributed by atoms with Crippen molar-refractivity contribution in [2.75, 3.05) is 17.5 Å². The lowest BCUT2D eigenvalue weighted by molar-refractivity contribution is -0.140. The average Bonchev–Trinajstić information content (AvgIpc) is 3.60. The van der Waals surface area contributed by atoms with Gasteiger partial charge in [-0.05, 0) is 85.5 Å². The fourth-order valence-electron chi connectivity index (χ4n) is 5.87. The minimum atomic E-state index is -4.23. The van der Waals surface area contributed by atoms with E-state index in [1.54, 1.807) is 54.6 Å². The van der Waals surface area contributed by atoms with Gasteiger partial charge in [-0.1, -0.05) is 88.9 Å². The van der Waals surface area contributed by atoms with Crippen molar-refractivity contribution in [3.8, 4) is 5.75 Å². The van der Waals surface area contributed by atoms with Crippen LogP contribution < -0.4 is 14.4 Å². The van der Waals surface area contributed by atoms with Gasteiger partial charge in [-0.2, -0.15) is 0 Å². The number of carbonyl (C=O) groups excluding carboxylic acids is 2. The SMILES string of the molecule is CCOc1ccc(N(CC(=O)N(Cc2ccccc2Cl)[C@@H](Cc2ccccc2)C(=O)NC2CCCC2)S(=O)(=O)c2ccc(Br)cc2)cc1. The zero-order valence-electron chi connectivity index (χ0n) is 26.7. The molecule has 1 aliphatic carbocycles. The molecule has 1 saturated carbocycles. The second-order valence-electron chi connectivity index (χ2n) is 11.7. The number of halogens is 2. The molecule has 252 valence electrons.